The Kier molecular flexibility index (Phi) is 3.46. The lowest BCUT2D eigenvalue weighted by Crippen LogP contribution is -2.17. The van der Waals surface area contributed by atoms with Gasteiger partial charge < -0.3 is 5.11 Å². The molecule has 0 atom stereocenters. The van der Waals surface area contributed by atoms with Gasteiger partial charge in [-0.2, -0.15) is 0 Å². The molecule has 0 radical (unpaired) electrons. The van der Waals surface area contributed by atoms with Crippen LogP contribution in [0.3, 0.4) is 0 Å². The Morgan fingerprint density at radius 1 is 1.25 bits per heavy atom. The van der Waals surface area contributed by atoms with E-state index in [9.17, 15) is 13.2 Å². The fourth-order valence-corrected chi connectivity index (χ4v) is 2.26. The zero-order chi connectivity index (χ0) is 12.3. The van der Waals surface area contributed by atoms with E-state index < -0.39 is 16.0 Å². The molecule has 16 heavy (non-hydrogen) atoms. The van der Waals surface area contributed by atoms with E-state index in [1.165, 1.54) is 19.1 Å². The van der Waals surface area contributed by atoms with Crippen molar-refractivity contribution in [2.45, 2.75) is 6.92 Å². The van der Waals surface area contributed by atoms with Crippen LogP contribution in [0.2, 0.25) is 0 Å². The highest BCUT2D eigenvalue weighted by Gasteiger charge is 2.21. The van der Waals surface area contributed by atoms with Crippen LogP contribution < -0.4 is 5.14 Å². The van der Waals surface area contributed by atoms with Crippen LogP contribution in [0.5, 0.6) is 0 Å². The molecule has 6 heteroatoms. The van der Waals surface area contributed by atoms with Crippen LogP contribution in [0.4, 0.5) is 0 Å². The third-order valence-electron chi connectivity index (χ3n) is 1.98. The van der Waals surface area contributed by atoms with Crippen molar-refractivity contribution in [1.82, 2.24) is 0 Å². The van der Waals surface area contributed by atoms with Gasteiger partial charge in [0, 0.05) is 0 Å². The fourth-order valence-electron chi connectivity index (χ4n) is 1.28. The van der Waals surface area contributed by atoms with Gasteiger partial charge in [0.05, 0.1) is 10.5 Å². The number of hydrogen-bond donors (Lipinski definition) is 2. The average molecular weight is 241 g/mol. The molecule has 1 aromatic rings. The molecule has 0 heterocycles. The highest BCUT2D eigenvalue weighted by atomic mass is 32.2. The van der Waals surface area contributed by atoms with Crippen molar-refractivity contribution in [2.24, 2.45) is 5.14 Å². The second kappa shape index (κ2) is 4.46. The van der Waals surface area contributed by atoms with Gasteiger partial charge in [-0.05, 0) is 12.5 Å². The molecule has 0 unspecified atom stereocenters. The van der Waals surface area contributed by atoms with Gasteiger partial charge >= 0.3 is 5.97 Å². The quantitative estimate of drug-likeness (QED) is 0.764. The van der Waals surface area contributed by atoms with Gasteiger partial charge in [-0.15, -0.1) is 0 Å². The number of rotatable bonds is 3. The normalized spacial score (nSPS) is 13.1. The average Bonchev–Trinajstić information content (AvgIpc) is 2.17. The lowest BCUT2D eigenvalue weighted by Gasteiger charge is -2.07. The number of benzene rings is 1. The van der Waals surface area contributed by atoms with Gasteiger partial charge in [-0.25, -0.2) is 18.4 Å². The zero-order valence-corrected chi connectivity index (χ0v) is 9.36. The second-order valence-corrected chi connectivity index (χ2v) is 4.67. The summed E-state index contributed by atoms with van der Waals surface area (Å²) < 4.78 is 22.7. The molecule has 0 saturated heterocycles. The van der Waals surface area contributed by atoms with Crippen LogP contribution in [-0.4, -0.2) is 19.5 Å². The van der Waals surface area contributed by atoms with E-state index >= 15 is 0 Å². The summed E-state index contributed by atoms with van der Waals surface area (Å²) in [5.74, 6) is -1.31. The minimum Gasteiger partial charge on any atom is -0.478 e. The van der Waals surface area contributed by atoms with Gasteiger partial charge in [-0.3, -0.25) is 0 Å². The highest BCUT2D eigenvalue weighted by molar-refractivity contribution is 7.98. The lowest BCUT2D eigenvalue weighted by molar-refractivity contribution is -0.132. The molecule has 0 bridgehead atoms. The van der Waals surface area contributed by atoms with Crippen molar-refractivity contribution in [3.8, 4) is 0 Å². The molecule has 0 aromatic heterocycles. The first-order valence-corrected chi connectivity index (χ1v) is 5.91. The summed E-state index contributed by atoms with van der Waals surface area (Å²) in [6.07, 6.45) is 0. The van der Waals surface area contributed by atoms with Crippen molar-refractivity contribution in [2.75, 3.05) is 0 Å². The lowest BCUT2D eigenvalue weighted by atomic mass is 10.1. The number of primary sulfonamides is 1. The summed E-state index contributed by atoms with van der Waals surface area (Å²) in [6.45, 7) is 1.20. The molecule has 0 saturated carbocycles. The van der Waals surface area contributed by atoms with Crippen LogP contribution in [0.15, 0.2) is 35.9 Å². The van der Waals surface area contributed by atoms with Crippen molar-refractivity contribution < 1.29 is 18.3 Å². The first-order valence-electron chi connectivity index (χ1n) is 4.36. The molecule has 0 fully saturated rings. The van der Waals surface area contributed by atoms with Crippen molar-refractivity contribution >= 4 is 20.9 Å². The molecule has 0 aliphatic heterocycles. The number of nitrogens with two attached hydrogens (primary N) is 1. The molecule has 3 N–H and O–H groups in total. The van der Waals surface area contributed by atoms with Gasteiger partial charge in [0.25, 0.3) is 0 Å². The van der Waals surface area contributed by atoms with Crippen LogP contribution in [0, 0.1) is 0 Å². The van der Waals surface area contributed by atoms with Gasteiger partial charge in [0.2, 0.25) is 10.0 Å². The van der Waals surface area contributed by atoms with Crippen LogP contribution in [-0.2, 0) is 14.8 Å². The summed E-state index contributed by atoms with van der Waals surface area (Å²) >= 11 is 0. The maximum atomic E-state index is 11.3. The fraction of sp³-hybridized carbons (Fsp3) is 0.100. The molecule has 5 nitrogen and oxygen atoms in total. The minimum absolute atomic E-state index is 0.268. The van der Waals surface area contributed by atoms with E-state index in [-0.39, 0.29) is 16.0 Å². The van der Waals surface area contributed by atoms with E-state index in [4.69, 9.17) is 10.2 Å². The molecule has 86 valence electrons. The van der Waals surface area contributed by atoms with E-state index in [1.54, 1.807) is 18.2 Å². The predicted molar refractivity (Wildman–Crippen MR) is 59.8 cm³/mol. The van der Waals surface area contributed by atoms with Crippen molar-refractivity contribution in [3.63, 3.8) is 0 Å². The Hall–Kier alpha value is -1.66. The van der Waals surface area contributed by atoms with Crippen molar-refractivity contribution in [1.29, 1.82) is 0 Å². The van der Waals surface area contributed by atoms with E-state index in [2.05, 4.69) is 0 Å². The molecular weight excluding hydrogens is 230 g/mol. The molecule has 0 aliphatic carbocycles. The summed E-state index contributed by atoms with van der Waals surface area (Å²) in [5, 5.41) is 13.8. The number of hydrogen-bond acceptors (Lipinski definition) is 3. The molecule has 1 aromatic carbocycles. The Labute approximate surface area is 93.3 Å². The third-order valence-corrected chi connectivity index (χ3v) is 3.09. The summed E-state index contributed by atoms with van der Waals surface area (Å²) in [5.41, 5.74) is -0.0291. The van der Waals surface area contributed by atoms with E-state index in [1.807, 2.05) is 0 Å². The Bertz CT molecular complexity index is 531. The number of aliphatic carboxylic acids is 1. The highest BCUT2D eigenvalue weighted by Crippen LogP contribution is 2.22. The smallest absolute Gasteiger partial charge is 0.332 e. The standard InChI is InChI=1S/C10H11NO4S/c1-7(10(12)13)9(16(11,14)15)8-5-3-2-4-6-8/h2-6H,1H3,(H,12,13)(H2,11,14,15). The van der Waals surface area contributed by atoms with Crippen molar-refractivity contribution in [3.05, 3.63) is 41.5 Å². The summed E-state index contributed by atoms with van der Waals surface area (Å²) in [7, 11) is -4.06. The first-order chi connectivity index (χ1) is 7.34. The van der Waals surface area contributed by atoms with Gasteiger partial charge in [0.15, 0.2) is 0 Å². The minimum atomic E-state index is -4.06. The molecule has 0 spiro atoms. The molecule has 0 amide bonds. The maximum absolute atomic E-state index is 11.3. The van der Waals surface area contributed by atoms with Gasteiger partial charge in [0.1, 0.15) is 0 Å². The van der Waals surface area contributed by atoms with Crippen LogP contribution in [0.1, 0.15) is 12.5 Å². The molecule has 0 aliphatic rings. The van der Waals surface area contributed by atoms with E-state index in [0.29, 0.717) is 0 Å². The third kappa shape index (κ3) is 2.68. The predicted octanol–water partition coefficient (Wildman–Crippen LogP) is 0.791. The topological polar surface area (TPSA) is 97.5 Å². The van der Waals surface area contributed by atoms with Crippen LogP contribution in [0.25, 0.3) is 4.91 Å². The number of sulfonamides is 1. The van der Waals surface area contributed by atoms with Crippen LogP contribution >= 0.6 is 0 Å². The Morgan fingerprint density at radius 2 is 1.75 bits per heavy atom. The SMILES string of the molecule is CC(C(=O)O)=C(c1ccccc1)S(N)(=O)=O. The summed E-state index contributed by atoms with van der Waals surface area (Å²) in [6, 6.07) is 7.89. The second-order valence-electron chi connectivity index (χ2n) is 3.17. The summed E-state index contributed by atoms with van der Waals surface area (Å²) in [4.78, 5) is 10.4. The zero-order valence-electron chi connectivity index (χ0n) is 8.54. The molecule has 1 rings (SSSR count). The van der Waals surface area contributed by atoms with Gasteiger partial charge in [-0.1, -0.05) is 30.3 Å². The largest absolute Gasteiger partial charge is 0.478 e. The maximum Gasteiger partial charge on any atom is 0.332 e. The number of carboxylic acids is 1. The number of carboxylic acid groups (broad SMARTS) is 1. The van der Waals surface area contributed by atoms with E-state index in [0.717, 1.165) is 0 Å². The first kappa shape index (κ1) is 12.4. The number of carbonyl (C=O) groups is 1. The monoisotopic (exact) mass is 241 g/mol. The Balaban J connectivity index is 3.53. The molecular formula is C10H11NO4S. The Morgan fingerprint density at radius 3 is 2.12 bits per heavy atom.